The van der Waals surface area contributed by atoms with Crippen LogP contribution in [0.15, 0.2) is 66.2 Å². The van der Waals surface area contributed by atoms with Crippen LogP contribution >= 0.6 is 23.2 Å². The number of anilines is 1. The lowest BCUT2D eigenvalue weighted by atomic mass is 10.1. The van der Waals surface area contributed by atoms with Crippen molar-refractivity contribution in [3.63, 3.8) is 0 Å². The zero-order valence-corrected chi connectivity index (χ0v) is 18.9. The Balaban J connectivity index is 1.73. The molecule has 33 heavy (non-hydrogen) atoms. The van der Waals surface area contributed by atoms with Crippen molar-refractivity contribution >= 4 is 46.8 Å². The SMILES string of the molecule is Cc1ccc(Cl)cc1NC(=O)C(C#N)=Cc1ccc(OCc2cccc(C(=O)O)c2)c(Cl)c1. The van der Waals surface area contributed by atoms with Crippen LogP contribution in [-0.4, -0.2) is 17.0 Å². The molecule has 6 nitrogen and oxygen atoms in total. The van der Waals surface area contributed by atoms with E-state index in [1.807, 2.05) is 13.0 Å². The number of hydrogen-bond donors (Lipinski definition) is 2. The quantitative estimate of drug-likeness (QED) is 0.313. The fourth-order valence-corrected chi connectivity index (χ4v) is 3.33. The molecule has 8 heteroatoms. The van der Waals surface area contributed by atoms with Gasteiger partial charge in [-0.1, -0.05) is 47.5 Å². The first kappa shape index (κ1) is 23.9. The molecule has 3 aromatic carbocycles. The van der Waals surface area contributed by atoms with E-state index >= 15 is 0 Å². The molecule has 2 N–H and O–H groups in total. The van der Waals surface area contributed by atoms with Gasteiger partial charge >= 0.3 is 5.97 Å². The average molecular weight is 481 g/mol. The van der Waals surface area contributed by atoms with E-state index in [1.165, 1.54) is 18.2 Å². The lowest BCUT2D eigenvalue weighted by Gasteiger charge is -2.10. The van der Waals surface area contributed by atoms with Crippen molar-refractivity contribution < 1.29 is 19.4 Å². The molecule has 0 aliphatic heterocycles. The molecular formula is C25H18Cl2N2O4. The molecule has 0 saturated carbocycles. The lowest BCUT2D eigenvalue weighted by Crippen LogP contribution is -2.14. The monoisotopic (exact) mass is 480 g/mol. The van der Waals surface area contributed by atoms with Crippen LogP contribution in [0.1, 0.15) is 27.0 Å². The summed E-state index contributed by atoms with van der Waals surface area (Å²) in [6, 6.07) is 18.2. The van der Waals surface area contributed by atoms with Crippen molar-refractivity contribution in [2.45, 2.75) is 13.5 Å². The van der Waals surface area contributed by atoms with E-state index in [-0.39, 0.29) is 22.8 Å². The minimum atomic E-state index is -1.02. The maximum Gasteiger partial charge on any atom is 0.335 e. The van der Waals surface area contributed by atoms with Gasteiger partial charge in [0.25, 0.3) is 5.91 Å². The highest BCUT2D eigenvalue weighted by Crippen LogP contribution is 2.28. The van der Waals surface area contributed by atoms with Gasteiger partial charge in [-0.25, -0.2) is 4.79 Å². The molecule has 166 valence electrons. The van der Waals surface area contributed by atoms with E-state index in [9.17, 15) is 14.9 Å². The van der Waals surface area contributed by atoms with Crippen molar-refractivity contribution in [3.8, 4) is 11.8 Å². The number of halogens is 2. The number of carbonyl (C=O) groups is 2. The van der Waals surface area contributed by atoms with Gasteiger partial charge in [-0.3, -0.25) is 4.79 Å². The Morgan fingerprint density at radius 1 is 1.12 bits per heavy atom. The second-order valence-corrected chi connectivity index (χ2v) is 7.91. The molecule has 0 aliphatic carbocycles. The second kappa shape index (κ2) is 10.7. The van der Waals surface area contributed by atoms with Gasteiger partial charge in [0.05, 0.1) is 10.6 Å². The number of aromatic carboxylic acids is 1. The predicted octanol–water partition coefficient (Wildman–Crippen LogP) is 6.12. The van der Waals surface area contributed by atoms with Gasteiger partial charge < -0.3 is 15.2 Å². The van der Waals surface area contributed by atoms with Gasteiger partial charge in [0.1, 0.15) is 24.0 Å². The van der Waals surface area contributed by atoms with Crippen molar-refractivity contribution in [1.82, 2.24) is 0 Å². The van der Waals surface area contributed by atoms with Gasteiger partial charge in [-0.15, -0.1) is 0 Å². The second-order valence-electron chi connectivity index (χ2n) is 7.07. The van der Waals surface area contributed by atoms with Gasteiger partial charge in [-0.2, -0.15) is 5.26 Å². The predicted molar refractivity (Wildman–Crippen MR) is 128 cm³/mol. The molecule has 3 aromatic rings. The molecule has 0 heterocycles. The van der Waals surface area contributed by atoms with Crippen molar-refractivity contribution in [2.24, 2.45) is 0 Å². The summed E-state index contributed by atoms with van der Waals surface area (Å²) in [4.78, 5) is 23.6. The van der Waals surface area contributed by atoms with Gasteiger partial charge in [-0.05, 0) is 66.1 Å². The summed E-state index contributed by atoms with van der Waals surface area (Å²) in [7, 11) is 0. The number of amides is 1. The highest BCUT2D eigenvalue weighted by Gasteiger charge is 2.12. The lowest BCUT2D eigenvalue weighted by molar-refractivity contribution is -0.112. The van der Waals surface area contributed by atoms with Gasteiger partial charge in [0.15, 0.2) is 0 Å². The van der Waals surface area contributed by atoms with Crippen LogP contribution in [0.5, 0.6) is 5.75 Å². The summed E-state index contributed by atoms with van der Waals surface area (Å²) in [6.45, 7) is 1.94. The minimum absolute atomic E-state index is 0.107. The highest BCUT2D eigenvalue weighted by molar-refractivity contribution is 6.32. The van der Waals surface area contributed by atoms with E-state index in [4.69, 9.17) is 33.0 Å². The topological polar surface area (TPSA) is 99.4 Å². The molecule has 0 atom stereocenters. The Morgan fingerprint density at radius 2 is 1.91 bits per heavy atom. The van der Waals surface area contributed by atoms with Crippen LogP contribution in [0.25, 0.3) is 6.08 Å². The zero-order valence-electron chi connectivity index (χ0n) is 17.4. The van der Waals surface area contributed by atoms with Crippen LogP contribution in [0, 0.1) is 18.3 Å². The normalized spacial score (nSPS) is 10.9. The van der Waals surface area contributed by atoms with E-state index < -0.39 is 11.9 Å². The number of benzene rings is 3. The number of rotatable bonds is 7. The van der Waals surface area contributed by atoms with E-state index in [0.717, 1.165) is 5.56 Å². The Bertz CT molecular complexity index is 1300. The highest BCUT2D eigenvalue weighted by atomic mass is 35.5. The number of carbonyl (C=O) groups excluding carboxylic acids is 1. The van der Waals surface area contributed by atoms with Crippen molar-refractivity contribution in [2.75, 3.05) is 5.32 Å². The Morgan fingerprint density at radius 3 is 2.61 bits per heavy atom. The number of nitrogens with zero attached hydrogens (tertiary/aromatic N) is 1. The van der Waals surface area contributed by atoms with Crippen LogP contribution in [-0.2, 0) is 11.4 Å². The van der Waals surface area contributed by atoms with Crippen LogP contribution in [0.4, 0.5) is 5.69 Å². The number of nitrogens with one attached hydrogen (secondary N) is 1. The molecule has 3 rings (SSSR count). The fourth-order valence-electron chi connectivity index (χ4n) is 2.91. The number of ether oxygens (including phenoxy) is 1. The molecule has 0 aliphatic rings. The summed E-state index contributed by atoms with van der Waals surface area (Å²) in [5, 5.41) is 22.0. The molecule has 1 amide bonds. The van der Waals surface area contributed by atoms with Crippen molar-refractivity contribution in [1.29, 1.82) is 5.26 Å². The number of nitriles is 1. The molecular weight excluding hydrogens is 463 g/mol. The number of carboxylic acids is 1. The number of carboxylic acid groups (broad SMARTS) is 1. The third kappa shape index (κ3) is 6.36. The maximum atomic E-state index is 12.6. The molecule has 0 unspecified atom stereocenters. The summed E-state index contributed by atoms with van der Waals surface area (Å²) in [5.74, 6) is -1.21. The minimum Gasteiger partial charge on any atom is -0.487 e. The van der Waals surface area contributed by atoms with E-state index in [1.54, 1.807) is 48.5 Å². The largest absolute Gasteiger partial charge is 0.487 e. The molecule has 0 radical (unpaired) electrons. The summed E-state index contributed by atoms with van der Waals surface area (Å²) < 4.78 is 5.69. The van der Waals surface area contributed by atoms with E-state index in [0.29, 0.717) is 27.6 Å². The smallest absolute Gasteiger partial charge is 0.335 e. The van der Waals surface area contributed by atoms with Gasteiger partial charge in [0.2, 0.25) is 0 Å². The molecule has 0 fully saturated rings. The van der Waals surface area contributed by atoms with E-state index in [2.05, 4.69) is 5.32 Å². The summed E-state index contributed by atoms with van der Waals surface area (Å²) in [5.41, 5.74) is 2.60. The third-order valence-corrected chi connectivity index (χ3v) is 5.18. The molecule has 0 bridgehead atoms. The van der Waals surface area contributed by atoms with Crippen LogP contribution in [0.2, 0.25) is 10.0 Å². The van der Waals surface area contributed by atoms with Crippen LogP contribution < -0.4 is 10.1 Å². The Hall–Kier alpha value is -3.79. The number of hydrogen-bond acceptors (Lipinski definition) is 4. The van der Waals surface area contributed by atoms with Crippen molar-refractivity contribution in [3.05, 3.63) is 98.5 Å². The van der Waals surface area contributed by atoms with Crippen LogP contribution in [0.3, 0.4) is 0 Å². The summed E-state index contributed by atoms with van der Waals surface area (Å²) >= 11 is 12.3. The Labute approximate surface area is 200 Å². The molecule has 0 spiro atoms. The standard InChI is InChI=1S/C25H18Cl2N2O4/c1-15-5-7-20(26)12-22(15)29-24(30)19(13-28)9-16-6-8-23(21(27)11-16)33-14-17-3-2-4-18(10-17)25(31)32/h2-12H,14H2,1H3,(H,29,30)(H,31,32). The first-order valence-electron chi connectivity index (χ1n) is 9.70. The summed E-state index contributed by atoms with van der Waals surface area (Å²) in [6.07, 6.45) is 1.42. The maximum absolute atomic E-state index is 12.6. The third-order valence-electron chi connectivity index (χ3n) is 4.65. The molecule has 0 saturated heterocycles. The fraction of sp³-hybridized carbons (Fsp3) is 0.0800. The number of aryl methyl sites for hydroxylation is 1. The Kier molecular flexibility index (Phi) is 7.73. The first-order chi connectivity index (χ1) is 15.8. The zero-order chi connectivity index (χ0) is 24.0. The molecule has 0 aromatic heterocycles. The first-order valence-corrected chi connectivity index (χ1v) is 10.5. The van der Waals surface area contributed by atoms with Gasteiger partial charge in [0, 0.05) is 10.7 Å². The average Bonchev–Trinajstić information content (AvgIpc) is 2.79.